The maximum absolute atomic E-state index is 12.6. The Bertz CT molecular complexity index is 1100. The Kier molecular flexibility index (Phi) is 4.62. The summed E-state index contributed by atoms with van der Waals surface area (Å²) >= 11 is 0. The number of pyridine rings is 1. The van der Waals surface area contributed by atoms with Gasteiger partial charge >= 0.3 is 5.97 Å². The normalized spacial score (nSPS) is 12.1. The minimum absolute atomic E-state index is 0.138. The number of hydrogen-bond donors (Lipinski definition) is 2. The van der Waals surface area contributed by atoms with E-state index in [9.17, 15) is 19.5 Å². The molecule has 26 heavy (non-hydrogen) atoms. The molecule has 2 heterocycles. The number of rotatable bonds is 4. The number of para-hydroxylation sites is 1. The molecule has 3 aromatic rings. The highest BCUT2D eigenvalue weighted by Gasteiger charge is 2.28. The molecule has 7 nitrogen and oxygen atoms in total. The number of fused-ring (bicyclic) bond motifs is 1. The molecule has 0 aliphatic carbocycles. The molecule has 0 radical (unpaired) electrons. The van der Waals surface area contributed by atoms with Crippen molar-refractivity contribution in [3.05, 3.63) is 74.1 Å². The molecule has 134 valence electrons. The molecule has 2 N–H and O–H groups in total. The molecule has 0 spiro atoms. The fourth-order valence-corrected chi connectivity index (χ4v) is 2.88. The summed E-state index contributed by atoms with van der Waals surface area (Å²) in [4.78, 5) is 39.2. The van der Waals surface area contributed by atoms with Crippen LogP contribution in [-0.4, -0.2) is 23.2 Å². The molecule has 2 aromatic heterocycles. The number of carbonyl (C=O) groups excluding carboxylic acids is 1. The van der Waals surface area contributed by atoms with Crippen LogP contribution in [-0.2, 0) is 9.53 Å². The van der Waals surface area contributed by atoms with Gasteiger partial charge in [-0.25, -0.2) is 0 Å². The summed E-state index contributed by atoms with van der Waals surface area (Å²) in [5.41, 5.74) is -0.261. The largest absolute Gasteiger partial charge is 0.502 e. The predicted octanol–water partition coefficient (Wildman–Crippen LogP) is 2.19. The van der Waals surface area contributed by atoms with Crippen LogP contribution in [0.5, 0.6) is 5.75 Å². The van der Waals surface area contributed by atoms with E-state index in [0.717, 1.165) is 11.5 Å². The Balaban J connectivity index is 2.26. The van der Waals surface area contributed by atoms with Crippen LogP contribution in [0.3, 0.4) is 0 Å². The topological polar surface area (TPSA) is 110 Å². The summed E-state index contributed by atoms with van der Waals surface area (Å²) in [6.45, 7) is 1.55. The molecule has 0 aliphatic heterocycles. The highest BCUT2D eigenvalue weighted by molar-refractivity contribution is 5.79. The van der Waals surface area contributed by atoms with Gasteiger partial charge in [0, 0.05) is 17.1 Å². The van der Waals surface area contributed by atoms with Gasteiger partial charge in [-0.2, -0.15) is 0 Å². The summed E-state index contributed by atoms with van der Waals surface area (Å²) in [5.74, 6) is -2.08. The summed E-state index contributed by atoms with van der Waals surface area (Å²) in [6.07, 6.45) is -0.266. The number of aromatic amines is 1. The van der Waals surface area contributed by atoms with Crippen LogP contribution in [0.25, 0.3) is 10.9 Å². The van der Waals surface area contributed by atoms with Crippen molar-refractivity contribution >= 4 is 16.9 Å². The second kappa shape index (κ2) is 6.87. The first-order valence-corrected chi connectivity index (χ1v) is 7.93. The van der Waals surface area contributed by atoms with Crippen LogP contribution in [0.1, 0.15) is 29.4 Å². The zero-order valence-corrected chi connectivity index (χ0v) is 14.2. The van der Waals surface area contributed by atoms with Crippen molar-refractivity contribution < 1.29 is 19.1 Å². The third-order valence-electron chi connectivity index (χ3n) is 4.14. The minimum Gasteiger partial charge on any atom is -0.502 e. The van der Waals surface area contributed by atoms with E-state index in [1.165, 1.54) is 7.11 Å². The monoisotopic (exact) mass is 355 g/mol. The van der Waals surface area contributed by atoms with Crippen LogP contribution >= 0.6 is 0 Å². The number of nitrogens with one attached hydrogen (secondary N) is 1. The molecule has 7 heteroatoms. The fourth-order valence-electron chi connectivity index (χ4n) is 2.88. The van der Waals surface area contributed by atoms with E-state index in [1.54, 1.807) is 31.2 Å². The fraction of sp³-hybridized carbons (Fsp3) is 0.211. The average Bonchev–Trinajstić information content (AvgIpc) is 2.62. The molecule has 1 atom stereocenters. The lowest BCUT2D eigenvalue weighted by atomic mass is 9.92. The van der Waals surface area contributed by atoms with Crippen LogP contribution in [0, 0.1) is 6.92 Å². The van der Waals surface area contributed by atoms with Gasteiger partial charge in [0.2, 0.25) is 11.2 Å². The van der Waals surface area contributed by atoms with Gasteiger partial charge in [0.15, 0.2) is 5.76 Å². The molecule has 0 fully saturated rings. The maximum atomic E-state index is 12.6. The van der Waals surface area contributed by atoms with E-state index >= 15 is 0 Å². The van der Waals surface area contributed by atoms with Crippen molar-refractivity contribution in [3.63, 3.8) is 0 Å². The van der Waals surface area contributed by atoms with E-state index in [2.05, 4.69) is 4.98 Å². The van der Waals surface area contributed by atoms with Crippen LogP contribution in [0.2, 0.25) is 0 Å². The second-order valence-electron chi connectivity index (χ2n) is 5.91. The zero-order chi connectivity index (χ0) is 18.8. The number of esters is 1. The number of aryl methyl sites for hydroxylation is 1. The van der Waals surface area contributed by atoms with E-state index in [-0.39, 0.29) is 23.5 Å². The Morgan fingerprint density at radius 1 is 1.27 bits per heavy atom. The predicted molar refractivity (Wildman–Crippen MR) is 94.4 cm³/mol. The third-order valence-corrected chi connectivity index (χ3v) is 4.14. The smallest absolute Gasteiger partial charge is 0.306 e. The second-order valence-corrected chi connectivity index (χ2v) is 5.91. The number of benzene rings is 1. The zero-order valence-electron chi connectivity index (χ0n) is 14.2. The highest BCUT2D eigenvalue weighted by Crippen LogP contribution is 2.32. The van der Waals surface area contributed by atoms with Gasteiger partial charge in [-0.1, -0.05) is 18.2 Å². The number of aromatic nitrogens is 1. The van der Waals surface area contributed by atoms with Crippen molar-refractivity contribution in [2.24, 2.45) is 0 Å². The van der Waals surface area contributed by atoms with Crippen molar-refractivity contribution in [1.82, 2.24) is 4.98 Å². The van der Waals surface area contributed by atoms with Gasteiger partial charge in [0.05, 0.1) is 19.4 Å². The third kappa shape index (κ3) is 3.23. The summed E-state index contributed by atoms with van der Waals surface area (Å²) < 4.78 is 10.2. The average molecular weight is 355 g/mol. The quantitative estimate of drug-likeness (QED) is 0.694. The lowest BCUT2D eigenvalue weighted by Crippen LogP contribution is -2.21. The van der Waals surface area contributed by atoms with E-state index in [0.29, 0.717) is 5.52 Å². The summed E-state index contributed by atoms with van der Waals surface area (Å²) in [7, 11) is 1.22. The lowest BCUT2D eigenvalue weighted by molar-refractivity contribution is -0.140. The molecule has 0 saturated carbocycles. The molecule has 0 saturated heterocycles. The number of carbonyl (C=O) groups is 1. The Labute approximate surface area is 147 Å². The molecule has 0 bridgehead atoms. The first kappa shape index (κ1) is 17.5. The van der Waals surface area contributed by atoms with E-state index < -0.39 is 28.6 Å². The van der Waals surface area contributed by atoms with Gasteiger partial charge in [-0.3, -0.25) is 14.4 Å². The Morgan fingerprint density at radius 3 is 2.73 bits per heavy atom. The Morgan fingerprint density at radius 2 is 2.00 bits per heavy atom. The van der Waals surface area contributed by atoms with E-state index in [4.69, 9.17) is 9.15 Å². The lowest BCUT2D eigenvalue weighted by Gasteiger charge is -2.16. The van der Waals surface area contributed by atoms with Crippen molar-refractivity contribution in [2.45, 2.75) is 19.3 Å². The van der Waals surface area contributed by atoms with Gasteiger partial charge in [-0.05, 0) is 24.4 Å². The van der Waals surface area contributed by atoms with Crippen LogP contribution < -0.4 is 11.0 Å². The van der Waals surface area contributed by atoms with Crippen molar-refractivity contribution in [3.8, 4) is 5.75 Å². The highest BCUT2D eigenvalue weighted by atomic mass is 16.5. The molecule has 3 rings (SSSR count). The molecule has 1 aromatic carbocycles. The van der Waals surface area contributed by atoms with Gasteiger partial charge in [0.25, 0.3) is 5.56 Å². The van der Waals surface area contributed by atoms with Crippen LogP contribution in [0.15, 0.2) is 50.4 Å². The SMILES string of the molecule is COC(=O)C[C@@H](c1oc(C)cc(=O)c1O)c1cc2ccccc2[nH]c1=O. The standard InChI is InChI=1S/C19H17NO6/c1-10-7-15(21)17(23)18(26-10)12(9-16(22)25-2)13-8-11-5-3-4-6-14(11)20-19(13)24/h3-8,12,23H,9H2,1-2H3,(H,20,24)/t12-/m1/s1. The Hall–Kier alpha value is -3.35. The van der Waals surface area contributed by atoms with Gasteiger partial charge in [-0.15, -0.1) is 0 Å². The van der Waals surface area contributed by atoms with Gasteiger partial charge in [0.1, 0.15) is 5.76 Å². The number of aromatic hydroxyl groups is 1. The first-order chi connectivity index (χ1) is 12.4. The maximum Gasteiger partial charge on any atom is 0.306 e. The summed E-state index contributed by atoms with van der Waals surface area (Å²) in [5, 5.41) is 10.9. The minimum atomic E-state index is -0.969. The number of H-pyrrole nitrogens is 1. The molecule has 0 amide bonds. The molecule has 0 unspecified atom stereocenters. The number of ether oxygens (including phenoxy) is 1. The molecule has 0 aliphatic rings. The number of methoxy groups -OCH3 is 1. The summed E-state index contributed by atoms with van der Waals surface area (Å²) in [6, 6.07) is 9.90. The van der Waals surface area contributed by atoms with Gasteiger partial charge < -0.3 is 19.2 Å². The number of hydrogen-bond acceptors (Lipinski definition) is 6. The van der Waals surface area contributed by atoms with Crippen LogP contribution in [0.4, 0.5) is 0 Å². The van der Waals surface area contributed by atoms with E-state index in [1.807, 2.05) is 6.07 Å². The first-order valence-electron chi connectivity index (χ1n) is 7.93. The molecular weight excluding hydrogens is 338 g/mol. The van der Waals surface area contributed by atoms with Crippen molar-refractivity contribution in [1.29, 1.82) is 0 Å². The molecular formula is C19H17NO6. The van der Waals surface area contributed by atoms with Crippen molar-refractivity contribution in [2.75, 3.05) is 7.11 Å².